The second kappa shape index (κ2) is 6.20. The van der Waals surface area contributed by atoms with Gasteiger partial charge in [0.1, 0.15) is 28.7 Å². The van der Waals surface area contributed by atoms with Gasteiger partial charge < -0.3 is 5.73 Å². The van der Waals surface area contributed by atoms with Gasteiger partial charge in [0.25, 0.3) is 0 Å². The molecule has 27 heavy (non-hydrogen) atoms. The maximum absolute atomic E-state index is 14.9. The van der Waals surface area contributed by atoms with Gasteiger partial charge in [0.2, 0.25) is 0 Å². The fourth-order valence-corrected chi connectivity index (χ4v) is 3.76. The van der Waals surface area contributed by atoms with Gasteiger partial charge in [-0.25, -0.2) is 14.4 Å². The first-order chi connectivity index (χ1) is 13.2. The Kier molecular flexibility index (Phi) is 3.67. The minimum atomic E-state index is -0.271. The average molecular weight is 358 g/mol. The monoisotopic (exact) mass is 358 g/mol. The number of nitrogens with zero attached hydrogens (tertiary/aromatic N) is 3. The largest absolute Gasteiger partial charge is 0.382 e. The topological polar surface area (TPSA) is 56.2 Å². The van der Waals surface area contributed by atoms with Gasteiger partial charge in [-0.15, -0.1) is 0 Å². The number of fused-ring (bicyclic) bond motifs is 1. The number of anilines is 1. The van der Waals surface area contributed by atoms with Crippen LogP contribution in [0.25, 0.3) is 27.9 Å². The molecule has 2 heterocycles. The fourth-order valence-electron chi connectivity index (χ4n) is 3.76. The molecule has 0 saturated heterocycles. The van der Waals surface area contributed by atoms with Crippen LogP contribution in [0.3, 0.4) is 0 Å². The van der Waals surface area contributed by atoms with Crippen molar-refractivity contribution in [1.82, 2.24) is 14.4 Å². The molecule has 5 heteroatoms. The van der Waals surface area contributed by atoms with Gasteiger partial charge in [-0.2, -0.15) is 0 Å². The molecule has 0 atom stereocenters. The zero-order valence-corrected chi connectivity index (χ0v) is 14.8. The van der Waals surface area contributed by atoms with E-state index in [1.165, 1.54) is 6.42 Å². The Hall–Kier alpha value is -3.21. The highest BCUT2D eigenvalue weighted by molar-refractivity contribution is 5.86. The van der Waals surface area contributed by atoms with Crippen LogP contribution in [0, 0.1) is 5.82 Å². The van der Waals surface area contributed by atoms with E-state index in [1.807, 2.05) is 47.0 Å². The Balaban J connectivity index is 1.67. The second-order valence-electron chi connectivity index (χ2n) is 7.04. The molecule has 0 radical (unpaired) electrons. The van der Waals surface area contributed by atoms with Crippen molar-refractivity contribution in [3.05, 3.63) is 72.6 Å². The maximum Gasteiger partial charge on any atom is 0.150 e. The minimum absolute atomic E-state index is 0.271. The molecular weight excluding hydrogens is 339 g/mol. The van der Waals surface area contributed by atoms with Gasteiger partial charge in [-0.3, -0.25) is 4.40 Å². The highest BCUT2D eigenvalue weighted by Crippen LogP contribution is 2.39. The first-order valence-electron chi connectivity index (χ1n) is 9.20. The molecule has 1 saturated carbocycles. The third kappa shape index (κ3) is 2.58. The molecule has 4 aromatic rings. The van der Waals surface area contributed by atoms with Crippen LogP contribution in [-0.2, 0) is 0 Å². The zero-order chi connectivity index (χ0) is 18.4. The maximum atomic E-state index is 14.9. The van der Waals surface area contributed by atoms with Gasteiger partial charge in [0.05, 0.1) is 0 Å². The number of aromatic nitrogens is 3. The van der Waals surface area contributed by atoms with E-state index < -0.39 is 0 Å². The van der Waals surface area contributed by atoms with E-state index >= 15 is 0 Å². The third-order valence-corrected chi connectivity index (χ3v) is 5.41. The van der Waals surface area contributed by atoms with Gasteiger partial charge in [-0.1, -0.05) is 48.9 Å². The van der Waals surface area contributed by atoms with Crippen molar-refractivity contribution in [3.8, 4) is 22.4 Å². The average Bonchev–Trinajstić information content (AvgIpc) is 3.02. The predicted octanol–water partition coefficient (Wildman–Crippen LogP) is 5.05. The lowest BCUT2D eigenvalue weighted by atomic mass is 9.85. The van der Waals surface area contributed by atoms with Crippen LogP contribution in [0.15, 0.2) is 60.9 Å². The van der Waals surface area contributed by atoms with Crippen LogP contribution in [0.2, 0.25) is 0 Å². The quantitative estimate of drug-likeness (QED) is 0.557. The van der Waals surface area contributed by atoms with Crippen LogP contribution >= 0.6 is 0 Å². The SMILES string of the molecule is Nc1nccn2c(C3CCC3)nc(-c3ccc(-c4ccccc4)c(F)c3)c12. The highest BCUT2D eigenvalue weighted by Gasteiger charge is 2.27. The molecule has 2 N–H and O–H groups in total. The standard InChI is InChI=1S/C22H19FN4/c23-18-13-16(9-10-17(18)14-5-2-1-3-6-14)19-20-21(24)25-11-12-27(20)22(26-19)15-7-4-8-15/h1-3,5-6,9-13,15H,4,7-8H2,(H2,24,25). The van der Waals surface area contributed by atoms with Crippen LogP contribution in [0.1, 0.15) is 31.0 Å². The summed E-state index contributed by atoms with van der Waals surface area (Å²) in [6, 6.07) is 14.8. The Morgan fingerprint density at radius 1 is 1.04 bits per heavy atom. The van der Waals surface area contributed by atoms with Crippen LogP contribution < -0.4 is 5.73 Å². The Labute approximate surface area is 156 Å². The van der Waals surface area contributed by atoms with E-state index in [0.717, 1.165) is 35.3 Å². The number of benzene rings is 2. The van der Waals surface area contributed by atoms with Crippen molar-refractivity contribution in [2.75, 3.05) is 5.73 Å². The molecule has 4 nitrogen and oxygen atoms in total. The van der Waals surface area contributed by atoms with Gasteiger partial charge in [-0.05, 0) is 24.5 Å². The Morgan fingerprint density at radius 3 is 2.56 bits per heavy atom. The number of halogens is 1. The summed E-state index contributed by atoms with van der Waals surface area (Å²) in [5, 5.41) is 0. The molecule has 5 rings (SSSR count). The highest BCUT2D eigenvalue weighted by atomic mass is 19.1. The lowest BCUT2D eigenvalue weighted by Crippen LogP contribution is -2.12. The molecule has 0 unspecified atom stereocenters. The molecule has 134 valence electrons. The lowest BCUT2D eigenvalue weighted by Gasteiger charge is -2.23. The molecule has 2 aromatic heterocycles. The normalized spacial score (nSPS) is 14.4. The van der Waals surface area contributed by atoms with E-state index in [2.05, 4.69) is 4.98 Å². The van der Waals surface area contributed by atoms with Crippen molar-refractivity contribution < 1.29 is 4.39 Å². The number of hydrogen-bond donors (Lipinski definition) is 1. The van der Waals surface area contributed by atoms with Gasteiger partial charge >= 0.3 is 0 Å². The summed E-state index contributed by atoms with van der Waals surface area (Å²) in [5.41, 5.74) is 9.76. The molecule has 0 bridgehead atoms. The zero-order valence-electron chi connectivity index (χ0n) is 14.8. The van der Waals surface area contributed by atoms with E-state index in [0.29, 0.717) is 23.0 Å². The van der Waals surface area contributed by atoms with Gasteiger partial charge in [0, 0.05) is 29.4 Å². The summed E-state index contributed by atoms with van der Waals surface area (Å²) in [4.78, 5) is 9.08. The fraction of sp³-hybridized carbons (Fsp3) is 0.182. The molecule has 1 fully saturated rings. The molecule has 0 amide bonds. The van der Waals surface area contributed by atoms with Crippen LogP contribution in [-0.4, -0.2) is 14.4 Å². The second-order valence-corrected chi connectivity index (χ2v) is 7.04. The number of hydrogen-bond acceptors (Lipinski definition) is 3. The van der Waals surface area contributed by atoms with Crippen molar-refractivity contribution in [2.45, 2.75) is 25.2 Å². The van der Waals surface area contributed by atoms with E-state index in [9.17, 15) is 4.39 Å². The Bertz CT molecular complexity index is 1130. The first-order valence-corrected chi connectivity index (χ1v) is 9.20. The van der Waals surface area contributed by atoms with E-state index in [4.69, 9.17) is 10.7 Å². The summed E-state index contributed by atoms with van der Waals surface area (Å²) in [6.45, 7) is 0. The summed E-state index contributed by atoms with van der Waals surface area (Å²) < 4.78 is 16.9. The third-order valence-electron chi connectivity index (χ3n) is 5.41. The molecule has 0 spiro atoms. The number of nitrogens with two attached hydrogens (primary N) is 1. The number of rotatable bonds is 3. The molecule has 2 aromatic carbocycles. The van der Waals surface area contributed by atoms with Crippen molar-refractivity contribution in [3.63, 3.8) is 0 Å². The summed E-state index contributed by atoms with van der Waals surface area (Å²) in [5.74, 6) is 1.57. The van der Waals surface area contributed by atoms with Crippen molar-refractivity contribution in [1.29, 1.82) is 0 Å². The van der Waals surface area contributed by atoms with E-state index in [-0.39, 0.29) is 5.82 Å². The summed E-state index contributed by atoms with van der Waals surface area (Å²) in [6.07, 6.45) is 7.06. The minimum Gasteiger partial charge on any atom is -0.382 e. The molecule has 1 aliphatic carbocycles. The van der Waals surface area contributed by atoms with Crippen molar-refractivity contribution in [2.24, 2.45) is 0 Å². The first kappa shape index (κ1) is 16.0. The molecule has 0 aliphatic heterocycles. The smallest absolute Gasteiger partial charge is 0.150 e. The lowest BCUT2D eigenvalue weighted by molar-refractivity contribution is 0.400. The summed E-state index contributed by atoms with van der Waals surface area (Å²) in [7, 11) is 0. The van der Waals surface area contributed by atoms with E-state index in [1.54, 1.807) is 18.3 Å². The predicted molar refractivity (Wildman–Crippen MR) is 105 cm³/mol. The van der Waals surface area contributed by atoms with Crippen LogP contribution in [0.4, 0.5) is 10.2 Å². The Morgan fingerprint density at radius 2 is 1.85 bits per heavy atom. The van der Waals surface area contributed by atoms with Crippen LogP contribution in [0.5, 0.6) is 0 Å². The summed E-state index contributed by atoms with van der Waals surface area (Å²) >= 11 is 0. The molecule has 1 aliphatic rings. The molecular formula is C22H19FN4. The number of nitrogen functional groups attached to an aromatic ring is 1. The number of imidazole rings is 1. The van der Waals surface area contributed by atoms with Gasteiger partial charge in [0.15, 0.2) is 0 Å². The van der Waals surface area contributed by atoms with Crippen molar-refractivity contribution >= 4 is 11.3 Å².